The normalized spacial score (nSPS) is 12.0. The summed E-state index contributed by atoms with van der Waals surface area (Å²) in [6, 6.07) is 34.7. The van der Waals surface area contributed by atoms with Crippen LogP contribution in [0.4, 0.5) is 4.39 Å². The fourth-order valence-corrected chi connectivity index (χ4v) is 6.73. The maximum absolute atomic E-state index is 14.4. The van der Waals surface area contributed by atoms with E-state index in [0.717, 1.165) is 17.7 Å². The quantitative estimate of drug-likeness (QED) is 0.127. The largest absolute Gasteiger partial charge is 0.305 e. The Morgan fingerprint density at radius 2 is 1.50 bits per heavy atom. The Morgan fingerprint density at radius 3 is 2.14 bits per heavy atom. The predicted octanol–water partition coefficient (Wildman–Crippen LogP) is 9.83. The molecule has 2 heterocycles. The van der Waals surface area contributed by atoms with Crippen LogP contribution in [0, 0.1) is 30.3 Å². The first-order valence-electron chi connectivity index (χ1n) is 15.0. The van der Waals surface area contributed by atoms with Gasteiger partial charge < -0.3 is 9.97 Å². The molecule has 0 aliphatic heterocycles. The second-order valence-corrected chi connectivity index (χ2v) is 18.5. The molecule has 0 aliphatic carbocycles. The zero-order chi connectivity index (χ0) is 31.2. The minimum atomic E-state index is -1.49. The number of halogens is 1. The van der Waals surface area contributed by atoms with Crippen LogP contribution < -0.4 is 5.19 Å². The molecule has 44 heavy (non-hydrogen) atoms. The van der Waals surface area contributed by atoms with Gasteiger partial charge in [-0.2, -0.15) is 0 Å². The molecule has 0 fully saturated rings. The van der Waals surface area contributed by atoms with E-state index in [1.54, 1.807) is 19.1 Å². The summed E-state index contributed by atoms with van der Waals surface area (Å²) in [5.41, 5.74) is 7.90. The number of rotatable bonds is 6. The van der Waals surface area contributed by atoms with Crippen molar-refractivity contribution in [1.29, 1.82) is 0 Å². The second kappa shape index (κ2) is 15.2. The van der Waals surface area contributed by atoms with Crippen LogP contribution in [0.5, 0.6) is 0 Å². The minimum Gasteiger partial charge on any atom is -0.305 e. The van der Waals surface area contributed by atoms with Crippen molar-refractivity contribution in [2.24, 2.45) is 5.41 Å². The Balaban J connectivity index is 0.000000237. The molecular weight excluding hydrogens is 736 g/mol. The van der Waals surface area contributed by atoms with Crippen LogP contribution >= 0.6 is 0 Å². The van der Waals surface area contributed by atoms with Crippen LogP contribution in [0.3, 0.4) is 0 Å². The van der Waals surface area contributed by atoms with Gasteiger partial charge in [0.25, 0.3) is 0 Å². The summed E-state index contributed by atoms with van der Waals surface area (Å²) in [4.78, 5) is 8.96. The molecule has 0 amide bonds. The van der Waals surface area contributed by atoms with Crippen LogP contribution in [0.1, 0.15) is 55.9 Å². The molecule has 0 spiro atoms. The molecule has 0 aliphatic rings. The van der Waals surface area contributed by atoms with Crippen LogP contribution in [0.15, 0.2) is 97.3 Å². The van der Waals surface area contributed by atoms with E-state index in [4.69, 9.17) is 0 Å². The van der Waals surface area contributed by atoms with Gasteiger partial charge in [-0.05, 0) is 46.0 Å². The zero-order valence-corrected chi connectivity index (χ0v) is 30.5. The van der Waals surface area contributed by atoms with Crippen molar-refractivity contribution < 1.29 is 24.5 Å². The van der Waals surface area contributed by atoms with E-state index in [1.165, 1.54) is 21.9 Å². The van der Waals surface area contributed by atoms with Crippen LogP contribution in [0.2, 0.25) is 19.6 Å². The van der Waals surface area contributed by atoms with Crippen LogP contribution in [0.25, 0.3) is 22.5 Å². The molecule has 0 N–H and O–H groups in total. The molecule has 5 heteroatoms. The van der Waals surface area contributed by atoms with Gasteiger partial charge in [0, 0.05) is 38.3 Å². The molecule has 1 atom stereocenters. The van der Waals surface area contributed by atoms with Gasteiger partial charge in [0.15, 0.2) is 0 Å². The summed E-state index contributed by atoms with van der Waals surface area (Å²) in [7, 11) is -1.49. The summed E-state index contributed by atoms with van der Waals surface area (Å²) in [5, 5.41) is 1.37. The average molecular weight is 779 g/mol. The SMILES string of the molecule is CC(c1ccccc1)c1cc[c-]c(-c2ccccn2)c1.Cc1cc[c-]c(-c2cc(CC(C)(C)C)c([Si](C)(C)C)cn2)c1F.[Ir]. The third-order valence-electron chi connectivity index (χ3n) is 7.47. The molecule has 231 valence electrons. The first kappa shape index (κ1) is 35.2. The van der Waals surface area contributed by atoms with Crippen molar-refractivity contribution in [3.63, 3.8) is 0 Å². The number of aryl methyl sites for hydroxylation is 1. The van der Waals surface area contributed by atoms with Crippen molar-refractivity contribution in [3.05, 3.63) is 138 Å². The number of hydrogen-bond acceptors (Lipinski definition) is 2. The summed E-state index contributed by atoms with van der Waals surface area (Å²) in [5.74, 6) is 0.149. The smallest absolute Gasteiger partial charge is 0.0798 e. The van der Waals surface area contributed by atoms with Gasteiger partial charge in [0.05, 0.1) is 8.07 Å². The van der Waals surface area contributed by atoms with E-state index in [1.807, 2.05) is 42.7 Å². The Bertz CT molecular complexity index is 1640. The predicted molar refractivity (Wildman–Crippen MR) is 182 cm³/mol. The van der Waals surface area contributed by atoms with Gasteiger partial charge in [-0.3, -0.25) is 4.39 Å². The molecular formula is C39H43FIrN2Si-2. The summed E-state index contributed by atoms with van der Waals surface area (Å²) in [6.07, 6.45) is 4.75. The number of hydrogen-bond donors (Lipinski definition) is 0. The van der Waals surface area contributed by atoms with E-state index in [-0.39, 0.29) is 31.3 Å². The molecule has 5 aromatic rings. The third kappa shape index (κ3) is 9.38. The van der Waals surface area contributed by atoms with Gasteiger partial charge >= 0.3 is 0 Å². The molecule has 1 radical (unpaired) electrons. The van der Waals surface area contributed by atoms with Crippen molar-refractivity contribution in [2.75, 3.05) is 0 Å². The Hall–Kier alpha value is -3.24. The van der Waals surface area contributed by atoms with Crippen molar-refractivity contribution in [2.45, 2.75) is 66.6 Å². The van der Waals surface area contributed by atoms with Gasteiger partial charge in [-0.1, -0.05) is 119 Å². The number of pyridine rings is 2. The first-order valence-corrected chi connectivity index (χ1v) is 18.5. The fraction of sp³-hybridized carbons (Fsp3) is 0.282. The first-order chi connectivity index (χ1) is 20.3. The Labute approximate surface area is 278 Å². The number of aromatic nitrogens is 2. The van der Waals surface area contributed by atoms with E-state index in [0.29, 0.717) is 22.7 Å². The summed E-state index contributed by atoms with van der Waals surface area (Å²) < 4.78 is 14.4. The molecule has 1 unspecified atom stereocenters. The zero-order valence-electron chi connectivity index (χ0n) is 27.1. The monoisotopic (exact) mass is 779 g/mol. The van der Waals surface area contributed by atoms with Crippen LogP contribution in [-0.4, -0.2) is 18.0 Å². The van der Waals surface area contributed by atoms with Gasteiger partial charge in [0.2, 0.25) is 0 Å². The summed E-state index contributed by atoms with van der Waals surface area (Å²) in [6.45, 7) is 17.7. The fourth-order valence-electron chi connectivity index (χ4n) is 5.15. The van der Waals surface area contributed by atoms with E-state index in [2.05, 4.69) is 112 Å². The third-order valence-corrected chi connectivity index (χ3v) is 9.53. The molecule has 2 aromatic heterocycles. The van der Waals surface area contributed by atoms with E-state index < -0.39 is 8.07 Å². The van der Waals surface area contributed by atoms with Gasteiger partial charge in [0.1, 0.15) is 0 Å². The molecule has 2 nitrogen and oxygen atoms in total. The molecule has 0 saturated carbocycles. The molecule has 3 aromatic carbocycles. The van der Waals surface area contributed by atoms with Crippen molar-refractivity contribution in [3.8, 4) is 22.5 Å². The van der Waals surface area contributed by atoms with Crippen LogP contribution in [-0.2, 0) is 26.5 Å². The molecule has 5 rings (SSSR count). The Morgan fingerprint density at radius 1 is 0.818 bits per heavy atom. The van der Waals surface area contributed by atoms with E-state index in [9.17, 15) is 4.39 Å². The average Bonchev–Trinajstić information content (AvgIpc) is 2.98. The standard InChI is InChI=1S/C20H27FNSi.C19H16N.Ir/c1-14-9-8-10-16(19(14)21)17-11-15(12-20(2,3)4)18(13-22-17)23(5,6)7;1-15(16-8-3-2-4-9-16)17-10-7-11-18(14-17)19-12-5-6-13-20-19;/h8-9,11,13H,12H2,1-7H3;2-10,12-15H,1H3;/q2*-1;. The van der Waals surface area contributed by atoms with Gasteiger partial charge in [-0.15, -0.1) is 53.6 Å². The van der Waals surface area contributed by atoms with E-state index >= 15 is 0 Å². The van der Waals surface area contributed by atoms with Crippen molar-refractivity contribution in [1.82, 2.24) is 9.97 Å². The number of nitrogens with zero attached hydrogens (tertiary/aromatic N) is 2. The second-order valence-electron chi connectivity index (χ2n) is 13.4. The molecule has 0 bridgehead atoms. The topological polar surface area (TPSA) is 25.8 Å². The van der Waals surface area contributed by atoms with Crippen molar-refractivity contribution >= 4 is 13.3 Å². The minimum absolute atomic E-state index is 0. The molecule has 0 saturated heterocycles. The van der Waals surface area contributed by atoms with Gasteiger partial charge in [-0.25, -0.2) is 0 Å². The Kier molecular flexibility index (Phi) is 12.1. The number of benzene rings is 3. The summed E-state index contributed by atoms with van der Waals surface area (Å²) >= 11 is 0. The maximum atomic E-state index is 14.4. The maximum Gasteiger partial charge on any atom is 0.0798 e.